The number of halogens is 1. The zero-order valence-electron chi connectivity index (χ0n) is 7.58. The summed E-state index contributed by atoms with van der Waals surface area (Å²) in [6, 6.07) is 3.88. The van der Waals surface area contributed by atoms with Crippen LogP contribution in [0.2, 0.25) is 0 Å². The van der Waals surface area contributed by atoms with Gasteiger partial charge in [0.1, 0.15) is 4.88 Å². The molecule has 0 fully saturated rings. The number of nitriles is 1. The normalized spacial score (nSPS) is 11.8. The fourth-order valence-corrected chi connectivity index (χ4v) is 2.30. The fraction of sp³-hybridized carbons (Fsp3) is 0.333. The highest BCUT2D eigenvalue weighted by Crippen LogP contribution is 2.22. The lowest BCUT2D eigenvalue weighted by Crippen LogP contribution is -2.27. The molecule has 3 nitrogen and oxygen atoms in total. The number of rotatable bonds is 3. The predicted molar refractivity (Wildman–Crippen MR) is 59.1 cm³/mol. The monoisotopic (exact) mass is 272 g/mol. The van der Waals surface area contributed by atoms with Crippen molar-refractivity contribution in [3.8, 4) is 6.07 Å². The van der Waals surface area contributed by atoms with Gasteiger partial charge < -0.3 is 5.32 Å². The smallest absolute Gasteiger partial charge is 0.262 e. The maximum Gasteiger partial charge on any atom is 0.262 e. The third kappa shape index (κ3) is 2.82. The Kier molecular flexibility index (Phi) is 4.11. The molecule has 0 spiro atoms. The van der Waals surface area contributed by atoms with Crippen molar-refractivity contribution in [3.05, 3.63) is 20.8 Å². The molecule has 1 N–H and O–H groups in total. The molecule has 0 aliphatic heterocycles. The van der Waals surface area contributed by atoms with Gasteiger partial charge in [-0.2, -0.15) is 5.26 Å². The van der Waals surface area contributed by atoms with Crippen LogP contribution >= 0.6 is 27.3 Å². The highest BCUT2D eigenvalue weighted by molar-refractivity contribution is 9.10. The molecule has 0 bridgehead atoms. The van der Waals surface area contributed by atoms with E-state index in [4.69, 9.17) is 5.26 Å². The van der Waals surface area contributed by atoms with Crippen molar-refractivity contribution < 1.29 is 4.79 Å². The van der Waals surface area contributed by atoms with E-state index in [-0.39, 0.29) is 11.8 Å². The topological polar surface area (TPSA) is 52.9 Å². The summed E-state index contributed by atoms with van der Waals surface area (Å²) in [6.45, 7) is 2.16. The molecule has 1 amide bonds. The van der Waals surface area contributed by atoms with Crippen LogP contribution in [-0.2, 0) is 0 Å². The van der Waals surface area contributed by atoms with E-state index in [9.17, 15) is 4.79 Å². The minimum atomic E-state index is -0.155. The molecule has 1 atom stereocenters. The molecule has 0 aliphatic rings. The van der Waals surface area contributed by atoms with Crippen molar-refractivity contribution >= 4 is 33.2 Å². The first-order valence-electron chi connectivity index (χ1n) is 4.06. The van der Waals surface area contributed by atoms with E-state index in [0.717, 1.165) is 4.47 Å². The summed E-state index contributed by atoms with van der Waals surface area (Å²) >= 11 is 4.65. The Labute approximate surface area is 94.9 Å². The second kappa shape index (κ2) is 5.13. The number of hydrogen-bond acceptors (Lipinski definition) is 3. The number of amides is 1. The van der Waals surface area contributed by atoms with Crippen molar-refractivity contribution in [1.29, 1.82) is 5.26 Å². The summed E-state index contributed by atoms with van der Waals surface area (Å²) in [5.41, 5.74) is 0. The van der Waals surface area contributed by atoms with Crippen molar-refractivity contribution in [3.63, 3.8) is 0 Å². The maximum atomic E-state index is 11.5. The molecule has 0 unspecified atom stereocenters. The Bertz CT molecular complexity index is 369. The van der Waals surface area contributed by atoms with E-state index >= 15 is 0 Å². The van der Waals surface area contributed by atoms with Gasteiger partial charge in [0.15, 0.2) is 0 Å². The second-order valence-corrected chi connectivity index (χ2v) is 4.61. The van der Waals surface area contributed by atoms with E-state index in [0.29, 0.717) is 11.4 Å². The average molecular weight is 273 g/mol. The molecule has 0 aromatic carbocycles. The minimum Gasteiger partial charge on any atom is -0.350 e. The lowest BCUT2D eigenvalue weighted by Gasteiger charge is -2.04. The van der Waals surface area contributed by atoms with Gasteiger partial charge in [0, 0.05) is 11.0 Å². The summed E-state index contributed by atoms with van der Waals surface area (Å²) in [5, 5.41) is 13.1. The van der Waals surface area contributed by atoms with Crippen LogP contribution in [0.25, 0.3) is 0 Å². The lowest BCUT2D eigenvalue weighted by atomic mass is 10.2. The Hall–Kier alpha value is -0.860. The molecule has 1 aromatic rings. The molecule has 0 saturated heterocycles. The average Bonchev–Trinajstić information content (AvgIpc) is 2.60. The van der Waals surface area contributed by atoms with Crippen molar-refractivity contribution in [2.75, 3.05) is 6.54 Å². The molecule has 0 aliphatic carbocycles. The molecule has 1 rings (SSSR count). The largest absolute Gasteiger partial charge is 0.350 e. The van der Waals surface area contributed by atoms with Gasteiger partial charge in [0.05, 0.1) is 12.0 Å². The fourth-order valence-electron chi connectivity index (χ4n) is 0.827. The van der Waals surface area contributed by atoms with Gasteiger partial charge in [0.2, 0.25) is 0 Å². The third-order valence-corrected chi connectivity index (χ3v) is 3.45. The number of carbonyl (C=O) groups excluding carboxylic acids is 1. The van der Waals surface area contributed by atoms with Crippen LogP contribution < -0.4 is 5.32 Å². The van der Waals surface area contributed by atoms with Gasteiger partial charge in [-0.1, -0.05) is 0 Å². The standard InChI is InChI=1S/C9H9BrN2OS/c1-6(4-11)5-12-9(13)8-7(10)2-3-14-8/h2-3,6H,5H2,1H3,(H,12,13)/t6-/m0/s1. The minimum absolute atomic E-state index is 0.131. The lowest BCUT2D eigenvalue weighted by molar-refractivity contribution is 0.0954. The van der Waals surface area contributed by atoms with E-state index in [1.54, 1.807) is 6.92 Å². The number of thiophene rings is 1. The Morgan fingerprint density at radius 1 is 1.86 bits per heavy atom. The van der Waals surface area contributed by atoms with Gasteiger partial charge in [-0.05, 0) is 34.3 Å². The molecule has 0 saturated carbocycles. The summed E-state index contributed by atoms with van der Waals surface area (Å²) in [5.74, 6) is -0.285. The molecule has 14 heavy (non-hydrogen) atoms. The van der Waals surface area contributed by atoms with Crippen LogP contribution in [0.1, 0.15) is 16.6 Å². The first-order chi connectivity index (χ1) is 6.65. The van der Waals surface area contributed by atoms with E-state index in [1.807, 2.05) is 11.4 Å². The highest BCUT2D eigenvalue weighted by Gasteiger charge is 2.11. The first kappa shape index (κ1) is 11.2. The van der Waals surface area contributed by atoms with Gasteiger partial charge in [-0.15, -0.1) is 11.3 Å². The number of nitrogens with zero attached hydrogens (tertiary/aromatic N) is 1. The van der Waals surface area contributed by atoms with E-state index in [2.05, 4.69) is 27.3 Å². The molecule has 5 heteroatoms. The number of carbonyl (C=O) groups is 1. The molecule has 1 heterocycles. The first-order valence-corrected chi connectivity index (χ1v) is 5.73. The van der Waals surface area contributed by atoms with Crippen molar-refractivity contribution in [2.45, 2.75) is 6.92 Å². The van der Waals surface area contributed by atoms with Crippen LogP contribution in [0, 0.1) is 17.2 Å². The van der Waals surface area contributed by atoms with Crippen LogP contribution in [0.5, 0.6) is 0 Å². The van der Waals surface area contributed by atoms with Gasteiger partial charge in [-0.25, -0.2) is 0 Å². The molecule has 0 radical (unpaired) electrons. The number of hydrogen-bond donors (Lipinski definition) is 1. The summed E-state index contributed by atoms with van der Waals surface area (Å²) in [7, 11) is 0. The van der Waals surface area contributed by atoms with Crippen LogP contribution in [-0.4, -0.2) is 12.5 Å². The van der Waals surface area contributed by atoms with Crippen molar-refractivity contribution in [1.82, 2.24) is 5.32 Å². The van der Waals surface area contributed by atoms with Gasteiger partial charge in [0.25, 0.3) is 5.91 Å². The molecule has 1 aromatic heterocycles. The van der Waals surface area contributed by atoms with Crippen LogP contribution in [0.4, 0.5) is 0 Å². The van der Waals surface area contributed by atoms with E-state index in [1.165, 1.54) is 11.3 Å². The maximum absolute atomic E-state index is 11.5. The zero-order chi connectivity index (χ0) is 10.6. The third-order valence-electron chi connectivity index (χ3n) is 1.61. The Morgan fingerprint density at radius 3 is 3.07 bits per heavy atom. The quantitative estimate of drug-likeness (QED) is 0.919. The van der Waals surface area contributed by atoms with Gasteiger partial charge >= 0.3 is 0 Å². The summed E-state index contributed by atoms with van der Waals surface area (Å²) in [4.78, 5) is 12.2. The SMILES string of the molecule is C[C@@H](C#N)CNC(=O)c1sccc1Br. The summed E-state index contributed by atoms with van der Waals surface area (Å²) < 4.78 is 0.796. The van der Waals surface area contributed by atoms with Crippen LogP contribution in [0.3, 0.4) is 0 Å². The second-order valence-electron chi connectivity index (χ2n) is 2.84. The highest BCUT2D eigenvalue weighted by atomic mass is 79.9. The zero-order valence-corrected chi connectivity index (χ0v) is 9.98. The van der Waals surface area contributed by atoms with Gasteiger partial charge in [-0.3, -0.25) is 4.79 Å². The van der Waals surface area contributed by atoms with Crippen molar-refractivity contribution in [2.24, 2.45) is 5.92 Å². The Balaban J connectivity index is 2.53. The molecular weight excluding hydrogens is 264 g/mol. The number of nitrogens with one attached hydrogen (secondary N) is 1. The van der Waals surface area contributed by atoms with Crippen LogP contribution in [0.15, 0.2) is 15.9 Å². The molecular formula is C9H9BrN2OS. The Morgan fingerprint density at radius 2 is 2.57 bits per heavy atom. The predicted octanol–water partition coefficient (Wildman–Crippen LogP) is 2.40. The molecule has 74 valence electrons. The summed E-state index contributed by atoms with van der Waals surface area (Å²) in [6.07, 6.45) is 0. The van der Waals surface area contributed by atoms with E-state index < -0.39 is 0 Å².